The molecule has 1 aliphatic carbocycles. The van der Waals surface area contributed by atoms with Gasteiger partial charge in [0, 0.05) is 12.1 Å². The molecule has 112 valence electrons. The molecule has 0 heterocycles. The van der Waals surface area contributed by atoms with E-state index in [1.54, 1.807) is 11.1 Å². The molecule has 1 aromatic carbocycles. The molecule has 1 nitrogen and oxygen atoms in total. The second-order valence-corrected chi connectivity index (χ2v) is 8.29. The maximum absolute atomic E-state index is 3.83. The summed E-state index contributed by atoms with van der Waals surface area (Å²) in [6.07, 6.45) is 5.13. The molecule has 1 aromatic rings. The fraction of sp³-hybridized carbons (Fsp3) is 0.684. The van der Waals surface area contributed by atoms with Crippen LogP contribution >= 0.6 is 0 Å². The van der Waals surface area contributed by atoms with Crippen LogP contribution in [0.5, 0.6) is 0 Å². The topological polar surface area (TPSA) is 12.0 Å². The van der Waals surface area contributed by atoms with Crippen molar-refractivity contribution in [2.45, 2.75) is 71.8 Å². The summed E-state index contributed by atoms with van der Waals surface area (Å²) in [6.45, 7) is 12.8. The quantitative estimate of drug-likeness (QED) is 0.822. The van der Waals surface area contributed by atoms with E-state index in [9.17, 15) is 0 Å². The van der Waals surface area contributed by atoms with Gasteiger partial charge in [-0.05, 0) is 62.0 Å². The first-order valence-corrected chi connectivity index (χ1v) is 8.10. The molecule has 0 aromatic heterocycles. The predicted molar refractivity (Wildman–Crippen MR) is 88.3 cm³/mol. The van der Waals surface area contributed by atoms with Gasteiger partial charge in [-0.25, -0.2) is 0 Å². The summed E-state index contributed by atoms with van der Waals surface area (Å²) in [5, 5.41) is 3.83. The van der Waals surface area contributed by atoms with Gasteiger partial charge < -0.3 is 5.32 Å². The van der Waals surface area contributed by atoms with Crippen molar-refractivity contribution < 1.29 is 0 Å². The molecule has 2 rings (SSSR count). The van der Waals surface area contributed by atoms with Crippen LogP contribution in [-0.2, 0) is 6.42 Å². The molecule has 1 heteroatoms. The predicted octanol–water partition coefficient (Wildman–Crippen LogP) is 4.91. The van der Waals surface area contributed by atoms with Crippen molar-refractivity contribution in [3.63, 3.8) is 0 Å². The van der Waals surface area contributed by atoms with Gasteiger partial charge in [-0.1, -0.05) is 45.0 Å². The summed E-state index contributed by atoms with van der Waals surface area (Å²) in [5.41, 5.74) is 3.74. The van der Waals surface area contributed by atoms with Crippen molar-refractivity contribution in [2.75, 3.05) is 6.54 Å². The van der Waals surface area contributed by atoms with Crippen LogP contribution in [0.15, 0.2) is 24.3 Å². The van der Waals surface area contributed by atoms with Gasteiger partial charge in [0.05, 0.1) is 0 Å². The summed E-state index contributed by atoms with van der Waals surface area (Å²) < 4.78 is 0. The monoisotopic (exact) mass is 273 g/mol. The Hall–Kier alpha value is -0.820. The van der Waals surface area contributed by atoms with E-state index in [0.29, 0.717) is 11.3 Å². The highest BCUT2D eigenvalue weighted by Crippen LogP contribution is 2.32. The molecule has 0 spiro atoms. The maximum atomic E-state index is 3.83. The van der Waals surface area contributed by atoms with Crippen molar-refractivity contribution in [1.82, 2.24) is 5.32 Å². The van der Waals surface area contributed by atoms with Crippen LogP contribution in [0.25, 0.3) is 0 Å². The first kappa shape index (κ1) is 15.6. The molecule has 0 radical (unpaired) electrons. The minimum atomic E-state index is 0.213. The van der Waals surface area contributed by atoms with Crippen LogP contribution in [0.4, 0.5) is 0 Å². The van der Waals surface area contributed by atoms with Gasteiger partial charge in [0.1, 0.15) is 0 Å². The summed E-state index contributed by atoms with van der Waals surface area (Å²) in [4.78, 5) is 0. The number of fused-ring (bicyclic) bond motifs is 1. The third kappa shape index (κ3) is 4.34. The molecule has 1 unspecified atom stereocenters. The molecule has 1 N–H and O–H groups in total. The lowest BCUT2D eigenvalue weighted by Crippen LogP contribution is -2.44. The summed E-state index contributed by atoms with van der Waals surface area (Å²) in [7, 11) is 0. The van der Waals surface area contributed by atoms with Crippen LogP contribution in [0.2, 0.25) is 0 Å². The van der Waals surface area contributed by atoms with Crippen LogP contribution in [0.3, 0.4) is 0 Å². The third-order valence-electron chi connectivity index (χ3n) is 4.29. The second kappa shape index (κ2) is 5.89. The number of aryl methyl sites for hydroxylation is 1. The Morgan fingerprint density at radius 3 is 2.50 bits per heavy atom. The lowest BCUT2D eigenvalue weighted by molar-refractivity contribution is 0.237. The van der Waals surface area contributed by atoms with E-state index < -0.39 is 0 Å². The summed E-state index contributed by atoms with van der Waals surface area (Å²) in [5.74, 6) is 0.694. The Labute approximate surface area is 125 Å². The molecule has 0 fully saturated rings. The van der Waals surface area contributed by atoms with Crippen molar-refractivity contribution in [3.8, 4) is 0 Å². The van der Waals surface area contributed by atoms with Gasteiger partial charge in [-0.2, -0.15) is 0 Å². The van der Waals surface area contributed by atoms with Crippen LogP contribution in [0, 0.1) is 5.41 Å². The van der Waals surface area contributed by atoms with Gasteiger partial charge in [0.15, 0.2) is 0 Å². The third-order valence-corrected chi connectivity index (χ3v) is 4.29. The average molecular weight is 273 g/mol. The zero-order valence-electron chi connectivity index (χ0n) is 13.9. The highest BCUT2D eigenvalue weighted by Gasteiger charge is 2.27. The molecule has 20 heavy (non-hydrogen) atoms. The average Bonchev–Trinajstić information content (AvgIpc) is 2.33. The van der Waals surface area contributed by atoms with Crippen LogP contribution in [-0.4, -0.2) is 12.1 Å². The number of hydrogen-bond donors (Lipinski definition) is 1. The standard InChI is InChI=1S/C19H31N/c1-18(2,3)14-19(4,5)20-13-16-11-8-10-15-9-6-7-12-17(15)16/h6-7,9,12,16,20H,8,10-11,13-14H2,1-5H3. The van der Waals surface area contributed by atoms with Crippen LogP contribution < -0.4 is 5.32 Å². The number of benzene rings is 1. The first-order valence-electron chi connectivity index (χ1n) is 8.10. The molecule has 0 amide bonds. The zero-order chi connectivity index (χ0) is 14.8. The van der Waals surface area contributed by atoms with E-state index in [1.807, 2.05) is 0 Å². The van der Waals surface area contributed by atoms with E-state index in [0.717, 1.165) is 6.54 Å². The van der Waals surface area contributed by atoms with Crippen molar-refractivity contribution in [2.24, 2.45) is 5.41 Å². The van der Waals surface area contributed by atoms with E-state index in [-0.39, 0.29) is 5.54 Å². The lowest BCUT2D eigenvalue weighted by atomic mass is 9.80. The molecule has 0 saturated heterocycles. The molecule has 1 aliphatic rings. The van der Waals surface area contributed by atoms with Crippen LogP contribution in [0.1, 0.15) is 70.9 Å². The Morgan fingerprint density at radius 2 is 1.80 bits per heavy atom. The Kier molecular flexibility index (Phi) is 4.59. The van der Waals surface area contributed by atoms with Crippen molar-refractivity contribution >= 4 is 0 Å². The number of rotatable bonds is 4. The second-order valence-electron chi connectivity index (χ2n) is 8.29. The lowest BCUT2D eigenvalue weighted by Gasteiger charge is -2.36. The Bertz CT molecular complexity index is 439. The van der Waals surface area contributed by atoms with E-state index >= 15 is 0 Å². The summed E-state index contributed by atoms with van der Waals surface area (Å²) in [6, 6.07) is 9.01. The Morgan fingerprint density at radius 1 is 1.10 bits per heavy atom. The first-order chi connectivity index (χ1) is 9.27. The summed E-state index contributed by atoms with van der Waals surface area (Å²) >= 11 is 0. The van der Waals surface area contributed by atoms with Crippen molar-refractivity contribution in [1.29, 1.82) is 0 Å². The molecular weight excluding hydrogens is 242 g/mol. The van der Waals surface area contributed by atoms with Gasteiger partial charge in [-0.15, -0.1) is 0 Å². The van der Waals surface area contributed by atoms with Gasteiger partial charge in [-0.3, -0.25) is 0 Å². The van der Waals surface area contributed by atoms with Crippen molar-refractivity contribution in [3.05, 3.63) is 35.4 Å². The smallest absolute Gasteiger partial charge is 0.0130 e. The molecule has 0 saturated carbocycles. The molecule has 0 bridgehead atoms. The van der Waals surface area contributed by atoms with Gasteiger partial charge in [0.25, 0.3) is 0 Å². The fourth-order valence-electron chi connectivity index (χ4n) is 3.85. The Balaban J connectivity index is 1.98. The van der Waals surface area contributed by atoms with E-state index in [4.69, 9.17) is 0 Å². The number of hydrogen-bond acceptors (Lipinski definition) is 1. The normalized spacial score (nSPS) is 19.8. The number of nitrogens with one attached hydrogen (secondary N) is 1. The highest BCUT2D eigenvalue weighted by atomic mass is 15.0. The van der Waals surface area contributed by atoms with Gasteiger partial charge in [0.2, 0.25) is 0 Å². The molecule has 0 aliphatic heterocycles. The van der Waals surface area contributed by atoms with E-state index in [2.05, 4.69) is 64.2 Å². The zero-order valence-corrected chi connectivity index (χ0v) is 13.9. The highest BCUT2D eigenvalue weighted by molar-refractivity contribution is 5.32. The molecule has 1 atom stereocenters. The molecular formula is C19H31N. The van der Waals surface area contributed by atoms with E-state index in [1.165, 1.54) is 25.7 Å². The fourth-order valence-corrected chi connectivity index (χ4v) is 3.85. The maximum Gasteiger partial charge on any atom is 0.0130 e. The minimum absolute atomic E-state index is 0.213. The van der Waals surface area contributed by atoms with Gasteiger partial charge >= 0.3 is 0 Å². The SMILES string of the molecule is CC(C)(C)CC(C)(C)NCC1CCCc2ccccc21. The largest absolute Gasteiger partial charge is 0.311 e. The minimum Gasteiger partial charge on any atom is -0.311 e.